The van der Waals surface area contributed by atoms with Gasteiger partial charge in [-0.2, -0.15) is 0 Å². The average Bonchev–Trinajstić information content (AvgIpc) is 3.19. The van der Waals surface area contributed by atoms with Crippen LogP contribution in [0.1, 0.15) is 18.4 Å². The zero-order valence-electron chi connectivity index (χ0n) is 12.8. The summed E-state index contributed by atoms with van der Waals surface area (Å²) in [6.45, 7) is 1.05. The molecule has 1 N–H and O–H groups in total. The van der Waals surface area contributed by atoms with Gasteiger partial charge in [-0.15, -0.1) is 11.3 Å². The lowest BCUT2D eigenvalue weighted by Gasteiger charge is -2.24. The molecule has 1 saturated heterocycles. The summed E-state index contributed by atoms with van der Waals surface area (Å²) < 4.78 is 53.7. The van der Waals surface area contributed by atoms with Crippen LogP contribution in [-0.2, 0) is 15.8 Å². The largest absolute Gasteiger partial charge is 0.344 e. The van der Waals surface area contributed by atoms with Crippen molar-refractivity contribution in [2.45, 2.75) is 24.6 Å². The van der Waals surface area contributed by atoms with Gasteiger partial charge in [-0.25, -0.2) is 26.9 Å². The number of thiazole rings is 1. The Kier molecular flexibility index (Phi) is 5.12. The fourth-order valence-corrected chi connectivity index (χ4v) is 4.71. The van der Waals surface area contributed by atoms with Crippen LogP contribution in [0.3, 0.4) is 0 Å². The summed E-state index contributed by atoms with van der Waals surface area (Å²) in [7, 11) is -3.75. The Hall–Kier alpha value is -1.58. The van der Waals surface area contributed by atoms with Gasteiger partial charge in [0.1, 0.15) is 11.6 Å². The smallest absolute Gasteiger partial charge is 0.215 e. The average molecular weight is 373 g/mol. The van der Waals surface area contributed by atoms with Crippen molar-refractivity contribution in [3.8, 4) is 0 Å². The van der Waals surface area contributed by atoms with Gasteiger partial charge in [-0.1, -0.05) is 0 Å². The first-order chi connectivity index (χ1) is 11.4. The van der Waals surface area contributed by atoms with Crippen molar-refractivity contribution in [1.29, 1.82) is 0 Å². The molecule has 3 rings (SSSR count). The summed E-state index contributed by atoms with van der Waals surface area (Å²) in [5.41, 5.74) is -0.175. The molecule has 0 unspecified atom stereocenters. The van der Waals surface area contributed by atoms with E-state index in [0.29, 0.717) is 0 Å². The van der Waals surface area contributed by atoms with Crippen molar-refractivity contribution >= 4 is 26.5 Å². The van der Waals surface area contributed by atoms with Crippen LogP contribution in [0.4, 0.5) is 13.9 Å². The third-order valence-corrected chi connectivity index (χ3v) is 6.04. The molecular formula is C15H17F2N3O2S2. The van der Waals surface area contributed by atoms with Crippen molar-refractivity contribution in [3.63, 3.8) is 0 Å². The lowest BCUT2D eigenvalue weighted by molar-refractivity contribution is 0.559. The second kappa shape index (κ2) is 7.12. The Labute approximate surface area is 143 Å². The normalized spacial score (nSPS) is 18.2. The zero-order valence-corrected chi connectivity index (χ0v) is 14.4. The molecule has 1 aliphatic heterocycles. The minimum Gasteiger partial charge on any atom is -0.344 e. The van der Waals surface area contributed by atoms with Crippen LogP contribution in [0.2, 0.25) is 0 Å². The first kappa shape index (κ1) is 17.2. The molecule has 1 aromatic carbocycles. The number of rotatable bonds is 6. The lowest BCUT2D eigenvalue weighted by atomic mass is 10.2. The van der Waals surface area contributed by atoms with Crippen LogP contribution in [0, 0.1) is 11.6 Å². The van der Waals surface area contributed by atoms with Crippen LogP contribution < -0.4 is 9.62 Å². The maximum absolute atomic E-state index is 13.6. The highest BCUT2D eigenvalue weighted by Gasteiger charge is 2.27. The summed E-state index contributed by atoms with van der Waals surface area (Å²) in [6, 6.07) is 2.82. The highest BCUT2D eigenvalue weighted by molar-refractivity contribution is 7.88. The van der Waals surface area contributed by atoms with E-state index in [9.17, 15) is 17.2 Å². The van der Waals surface area contributed by atoms with E-state index in [1.54, 1.807) is 6.20 Å². The molecule has 0 bridgehead atoms. The Morgan fingerprint density at radius 1 is 1.38 bits per heavy atom. The standard InChI is InChI=1S/C15H17F2N3O2S2/c16-12-3-4-14(17)11(8-12)10-24(21,22)19-9-13-2-1-6-20(13)15-18-5-7-23-15/h3-5,7-8,13,19H,1-2,6,9-10H2/t13-/m0/s1. The van der Waals surface area contributed by atoms with E-state index in [1.807, 2.05) is 5.38 Å². The van der Waals surface area contributed by atoms with Crippen molar-refractivity contribution in [1.82, 2.24) is 9.71 Å². The SMILES string of the molecule is O=S(=O)(Cc1cc(F)ccc1F)NC[C@@H]1CCCN1c1nccs1. The Balaban J connectivity index is 1.63. The van der Waals surface area contributed by atoms with Crippen LogP contribution in [-0.4, -0.2) is 32.5 Å². The van der Waals surface area contributed by atoms with Gasteiger partial charge in [0.05, 0.1) is 5.75 Å². The highest BCUT2D eigenvalue weighted by Crippen LogP contribution is 2.27. The summed E-state index contributed by atoms with van der Waals surface area (Å²) in [5, 5.41) is 2.74. The van der Waals surface area contributed by atoms with Gasteiger partial charge in [-0.05, 0) is 31.0 Å². The molecule has 0 amide bonds. The van der Waals surface area contributed by atoms with Crippen molar-refractivity contribution in [2.24, 2.45) is 0 Å². The number of nitrogens with zero attached hydrogens (tertiary/aromatic N) is 2. The van der Waals surface area contributed by atoms with E-state index < -0.39 is 27.4 Å². The molecule has 2 aromatic rings. The number of hydrogen-bond donors (Lipinski definition) is 1. The quantitative estimate of drug-likeness (QED) is 0.845. The molecule has 1 aliphatic rings. The number of aromatic nitrogens is 1. The van der Waals surface area contributed by atoms with E-state index in [2.05, 4.69) is 14.6 Å². The third-order valence-electron chi connectivity index (χ3n) is 3.93. The van der Waals surface area contributed by atoms with Gasteiger partial charge in [-0.3, -0.25) is 0 Å². The predicted octanol–water partition coefficient (Wildman–Crippen LogP) is 2.51. The number of halogens is 2. The number of sulfonamides is 1. The fraction of sp³-hybridized carbons (Fsp3) is 0.400. The monoisotopic (exact) mass is 373 g/mol. The van der Waals surface area contributed by atoms with Crippen LogP contribution in [0.5, 0.6) is 0 Å². The van der Waals surface area contributed by atoms with E-state index in [-0.39, 0.29) is 18.2 Å². The van der Waals surface area contributed by atoms with Gasteiger partial charge in [0.25, 0.3) is 0 Å². The van der Waals surface area contributed by atoms with E-state index in [1.165, 1.54) is 11.3 Å². The predicted molar refractivity (Wildman–Crippen MR) is 89.5 cm³/mol. The van der Waals surface area contributed by atoms with Crippen LogP contribution in [0.15, 0.2) is 29.8 Å². The first-order valence-electron chi connectivity index (χ1n) is 7.52. The van der Waals surface area contributed by atoms with Crippen LogP contribution in [0.25, 0.3) is 0 Å². The topological polar surface area (TPSA) is 62.3 Å². The van der Waals surface area contributed by atoms with Gasteiger partial charge in [0.15, 0.2) is 5.13 Å². The summed E-state index contributed by atoms with van der Waals surface area (Å²) in [4.78, 5) is 6.34. The Bertz CT molecular complexity index is 797. The third kappa shape index (κ3) is 4.08. The second-order valence-corrected chi connectivity index (χ2v) is 8.33. The molecule has 1 aromatic heterocycles. The van der Waals surface area contributed by atoms with Crippen molar-refractivity contribution < 1.29 is 17.2 Å². The van der Waals surface area contributed by atoms with Gasteiger partial charge in [0.2, 0.25) is 10.0 Å². The highest BCUT2D eigenvalue weighted by atomic mass is 32.2. The molecule has 0 radical (unpaired) electrons. The van der Waals surface area contributed by atoms with Gasteiger partial charge < -0.3 is 4.90 Å². The van der Waals surface area contributed by atoms with E-state index >= 15 is 0 Å². The molecule has 5 nitrogen and oxygen atoms in total. The molecule has 0 aliphatic carbocycles. The number of benzene rings is 1. The van der Waals surface area contributed by atoms with E-state index in [4.69, 9.17) is 0 Å². The first-order valence-corrected chi connectivity index (χ1v) is 10.1. The van der Waals surface area contributed by atoms with E-state index in [0.717, 1.165) is 42.7 Å². The molecule has 9 heteroatoms. The molecule has 1 atom stereocenters. The van der Waals surface area contributed by atoms with Crippen LogP contribution >= 0.6 is 11.3 Å². The summed E-state index contributed by atoms with van der Waals surface area (Å²) in [5.74, 6) is -1.97. The Morgan fingerprint density at radius 3 is 2.96 bits per heavy atom. The maximum atomic E-state index is 13.6. The molecule has 130 valence electrons. The van der Waals surface area contributed by atoms with Gasteiger partial charge >= 0.3 is 0 Å². The second-order valence-electron chi connectivity index (χ2n) is 5.65. The maximum Gasteiger partial charge on any atom is 0.215 e. The minimum absolute atomic E-state index is 0.0169. The molecule has 1 fully saturated rings. The number of nitrogens with one attached hydrogen (secondary N) is 1. The van der Waals surface area contributed by atoms with Gasteiger partial charge in [0, 0.05) is 36.3 Å². The Morgan fingerprint density at radius 2 is 2.21 bits per heavy atom. The zero-order chi connectivity index (χ0) is 17.2. The molecule has 24 heavy (non-hydrogen) atoms. The number of anilines is 1. The van der Waals surface area contributed by atoms with Crippen molar-refractivity contribution in [2.75, 3.05) is 18.0 Å². The fourth-order valence-electron chi connectivity index (χ4n) is 2.79. The molecule has 0 spiro atoms. The molecule has 2 heterocycles. The minimum atomic E-state index is -3.75. The summed E-state index contributed by atoms with van der Waals surface area (Å²) in [6.07, 6.45) is 3.53. The summed E-state index contributed by atoms with van der Waals surface area (Å²) >= 11 is 1.51. The number of hydrogen-bond acceptors (Lipinski definition) is 5. The lowest BCUT2D eigenvalue weighted by Crippen LogP contribution is -2.40. The van der Waals surface area contributed by atoms with Crippen molar-refractivity contribution in [3.05, 3.63) is 47.0 Å². The molecular weight excluding hydrogens is 356 g/mol. The molecule has 0 saturated carbocycles.